The molecule has 78 heavy (non-hydrogen) atoms. The third kappa shape index (κ3) is 11.1. The van der Waals surface area contributed by atoms with E-state index in [9.17, 15) is 19.8 Å². The number of ether oxygens (including phenoxy) is 3. The normalized spacial score (nSPS) is 21.3. The molecule has 11 rings (SSSR count). The minimum absolute atomic E-state index is 0.0129. The molecule has 5 aromatic heterocycles. The number of aliphatic hydroxyl groups excluding tert-OH is 1. The molecule has 2 aromatic carbocycles. The molecule has 1 aliphatic carbocycles. The molecule has 0 radical (unpaired) electrons. The quantitative estimate of drug-likeness (QED) is 0.0685. The molecule has 4 aliphatic rings. The Labute approximate surface area is 455 Å². The molecule has 7 aromatic rings. The van der Waals surface area contributed by atoms with Crippen molar-refractivity contribution in [3.05, 3.63) is 126 Å². The zero-order valence-corrected chi connectivity index (χ0v) is 44.5. The number of β-amino-alcohol motifs (C(OH)–C–C–N with tert-alkyl or cyclic N) is 1. The lowest BCUT2D eigenvalue weighted by atomic mass is 9.91. The predicted molar refractivity (Wildman–Crippen MR) is 293 cm³/mol. The fourth-order valence-electron chi connectivity index (χ4n) is 11.0. The van der Waals surface area contributed by atoms with Crippen molar-refractivity contribution in [2.24, 2.45) is 5.92 Å². The molecule has 1 unspecified atom stereocenters. The molecule has 5 N–H and O–H groups in total. The monoisotopic (exact) mass is 1070 g/mol. The number of hydrogen-bond acceptors (Lipinski definition) is 18. The van der Waals surface area contributed by atoms with Crippen LogP contribution in [0.3, 0.4) is 0 Å². The Hall–Kier alpha value is -8.28. The summed E-state index contributed by atoms with van der Waals surface area (Å²) in [5.41, 5.74) is 14.8. The molecule has 402 valence electrons. The Morgan fingerprint density at radius 1 is 0.897 bits per heavy atom. The third-order valence-corrected chi connectivity index (χ3v) is 16.1. The number of pyridine rings is 2. The number of phenolic OH excluding ortho intramolecular Hbond substituents is 1. The van der Waals surface area contributed by atoms with Crippen molar-refractivity contribution in [3.63, 3.8) is 0 Å². The van der Waals surface area contributed by atoms with Gasteiger partial charge in [0.1, 0.15) is 41.4 Å². The number of nitrogen functional groups attached to an aromatic ring is 1. The van der Waals surface area contributed by atoms with E-state index in [1.807, 2.05) is 100 Å². The van der Waals surface area contributed by atoms with Crippen LogP contribution in [0, 0.1) is 24.7 Å². The van der Waals surface area contributed by atoms with Crippen LogP contribution in [0.25, 0.3) is 21.7 Å². The van der Waals surface area contributed by atoms with Gasteiger partial charge in [-0.05, 0) is 91.2 Å². The molecule has 20 heteroatoms. The summed E-state index contributed by atoms with van der Waals surface area (Å²) in [6.07, 6.45) is 6.18. The van der Waals surface area contributed by atoms with Gasteiger partial charge in [-0.2, -0.15) is 0 Å². The fourth-order valence-corrected chi connectivity index (χ4v) is 11.9. The number of nitrogens with one attached hydrogen (secondary N) is 1. The summed E-state index contributed by atoms with van der Waals surface area (Å²) in [5, 5.41) is 36.8. The molecule has 3 aliphatic heterocycles. The van der Waals surface area contributed by atoms with Crippen molar-refractivity contribution in [1.82, 2.24) is 40.5 Å². The molecule has 6 atom stereocenters. The second kappa shape index (κ2) is 22.4. The number of fused-ring (bicyclic) bond motifs is 2. The first-order valence-electron chi connectivity index (χ1n) is 26.4. The maximum Gasteiger partial charge on any atom is 0.255 e. The minimum Gasteiger partial charge on any atom is -0.507 e. The van der Waals surface area contributed by atoms with Crippen LogP contribution in [0.15, 0.2) is 107 Å². The first-order valence-corrected chi connectivity index (χ1v) is 27.3. The zero-order valence-electron chi connectivity index (χ0n) is 43.7. The maximum atomic E-state index is 14.2. The van der Waals surface area contributed by atoms with E-state index in [2.05, 4.69) is 57.3 Å². The maximum absolute atomic E-state index is 14.2. The number of hydrogen-bond donors (Lipinski definition) is 4. The SMILES string of the molecule is Cc1ncsc1-c1ccc([C@H](C)NC(=O)[C@@H]2C[C@@H](O)CN2C(=O)[C@H](c2cc(OCC#Cc3ccc(OC4CC(Oc5cc(N6C7CC[C@@H]6CN(c6cc(-c8ccccc8O)nnc6N)C7)ccn5)C4)cn3)no2)C(C)C)cc1. The molecular formula is C58H61N11O8S. The van der Waals surface area contributed by atoms with E-state index in [1.165, 1.54) is 4.90 Å². The van der Waals surface area contributed by atoms with Crippen LogP contribution >= 0.6 is 11.3 Å². The lowest BCUT2D eigenvalue weighted by Crippen LogP contribution is -2.54. The van der Waals surface area contributed by atoms with Crippen molar-refractivity contribution in [3.8, 4) is 56.8 Å². The standard InChI is InChI=1S/C58H61N11O8S/c1-33(2)54(58(73)68-31-42(70)23-49(68)57(72)63-34(3)36-11-13-37(14-12-36)55-35(4)62-32-78-55)51-27-53(66-77-51)74-21-7-8-38-15-18-43(28-61-38)75-44-24-45(25-44)76-52-22-39(19-20-60-52)69-40-16-17-41(69)30-67(29-40)48-26-47(64-65-56(48)59)46-9-5-6-10-50(46)71/h5-6,9-15,18-20,22,26-28,32-34,40-42,44-45,49,54,70-71H,16-17,21,23-25,29-31H2,1-4H3,(H2,59,65)(H,63,72)/t34-,40+,41?,42+,44?,45?,49-,54-/m0/s1. The summed E-state index contributed by atoms with van der Waals surface area (Å²) in [6.45, 7) is 9.20. The number of carbonyl (C=O) groups is 2. The molecule has 4 fully saturated rings. The van der Waals surface area contributed by atoms with E-state index in [-0.39, 0.29) is 79.3 Å². The number of phenols is 1. The van der Waals surface area contributed by atoms with Gasteiger partial charge in [0.25, 0.3) is 5.88 Å². The van der Waals surface area contributed by atoms with Gasteiger partial charge in [-0.1, -0.05) is 56.2 Å². The first kappa shape index (κ1) is 51.8. The van der Waals surface area contributed by atoms with E-state index in [1.54, 1.807) is 41.8 Å². The van der Waals surface area contributed by atoms with Crippen LogP contribution in [-0.2, 0) is 9.59 Å². The highest BCUT2D eigenvalue weighted by Gasteiger charge is 2.44. The van der Waals surface area contributed by atoms with Crippen molar-refractivity contribution in [2.75, 3.05) is 41.8 Å². The van der Waals surface area contributed by atoms with Gasteiger partial charge in [-0.15, -0.1) is 21.5 Å². The molecule has 2 bridgehead atoms. The number of carbonyl (C=O) groups excluding carboxylic acids is 2. The van der Waals surface area contributed by atoms with E-state index >= 15 is 0 Å². The minimum atomic E-state index is -0.860. The Bertz CT molecular complexity index is 3320. The van der Waals surface area contributed by atoms with Gasteiger partial charge >= 0.3 is 0 Å². The number of nitrogens with zero attached hydrogens (tertiary/aromatic N) is 9. The van der Waals surface area contributed by atoms with Crippen LogP contribution in [0.5, 0.6) is 23.3 Å². The summed E-state index contributed by atoms with van der Waals surface area (Å²) < 4.78 is 24.0. The van der Waals surface area contributed by atoms with E-state index in [0.717, 1.165) is 59.0 Å². The van der Waals surface area contributed by atoms with Crippen LogP contribution < -0.4 is 35.1 Å². The number of aromatic nitrogens is 6. The molecule has 0 spiro atoms. The van der Waals surface area contributed by atoms with Gasteiger partial charge in [-0.25, -0.2) is 15.0 Å². The zero-order chi connectivity index (χ0) is 54.0. The van der Waals surface area contributed by atoms with Gasteiger partial charge in [0, 0.05) is 80.6 Å². The average molecular weight is 1070 g/mol. The Morgan fingerprint density at radius 3 is 2.41 bits per heavy atom. The van der Waals surface area contributed by atoms with Gasteiger partial charge in [0.2, 0.25) is 17.7 Å². The number of benzene rings is 2. The number of rotatable bonds is 16. The van der Waals surface area contributed by atoms with E-state index in [4.69, 9.17) is 24.5 Å². The summed E-state index contributed by atoms with van der Waals surface area (Å²) in [5.74, 6) is 6.46. The second-order valence-electron chi connectivity index (χ2n) is 20.8. The number of thiazole rings is 1. The van der Waals surface area contributed by atoms with Crippen LogP contribution in [0.1, 0.15) is 87.5 Å². The van der Waals surface area contributed by atoms with Crippen molar-refractivity contribution in [2.45, 2.75) is 108 Å². The van der Waals surface area contributed by atoms with E-state index in [0.29, 0.717) is 53.0 Å². The summed E-state index contributed by atoms with van der Waals surface area (Å²) in [4.78, 5) is 48.6. The van der Waals surface area contributed by atoms with Gasteiger partial charge < -0.3 is 54.7 Å². The molecular weight excluding hydrogens is 1010 g/mol. The smallest absolute Gasteiger partial charge is 0.255 e. The number of likely N-dealkylation sites (tertiary alicyclic amines) is 1. The Balaban J connectivity index is 0.627. The van der Waals surface area contributed by atoms with Crippen LogP contribution in [-0.4, -0.2) is 120 Å². The predicted octanol–water partition coefficient (Wildman–Crippen LogP) is 7.50. The number of para-hydroxylation sites is 1. The summed E-state index contributed by atoms with van der Waals surface area (Å²) >= 11 is 1.58. The van der Waals surface area contributed by atoms with Gasteiger partial charge in [-0.3, -0.25) is 9.59 Å². The topological polar surface area (TPSA) is 241 Å². The second-order valence-corrected chi connectivity index (χ2v) is 21.6. The Kier molecular flexibility index (Phi) is 14.9. The first-order chi connectivity index (χ1) is 37.8. The number of amides is 2. The van der Waals surface area contributed by atoms with Crippen molar-refractivity contribution < 1.29 is 38.5 Å². The number of piperazine rings is 1. The van der Waals surface area contributed by atoms with Crippen LogP contribution in [0.4, 0.5) is 17.2 Å². The van der Waals surface area contributed by atoms with Crippen molar-refractivity contribution >= 4 is 40.3 Å². The van der Waals surface area contributed by atoms with Crippen molar-refractivity contribution in [1.29, 1.82) is 0 Å². The lowest BCUT2D eigenvalue weighted by Gasteiger charge is -2.43. The highest BCUT2D eigenvalue weighted by molar-refractivity contribution is 7.13. The third-order valence-electron chi connectivity index (χ3n) is 15.1. The molecule has 2 amide bonds. The van der Waals surface area contributed by atoms with Gasteiger partial charge in [0.15, 0.2) is 18.2 Å². The number of anilines is 3. The lowest BCUT2D eigenvalue weighted by molar-refractivity contribution is -0.141. The summed E-state index contributed by atoms with van der Waals surface area (Å²) in [7, 11) is 0. The number of nitrogens with two attached hydrogens (primary N) is 1. The van der Waals surface area contributed by atoms with Gasteiger partial charge in [0.05, 0.1) is 45.8 Å². The van der Waals surface area contributed by atoms with E-state index < -0.39 is 18.1 Å². The fraction of sp³-hybridized carbons (Fsp3) is 0.379. The van der Waals surface area contributed by atoms with Crippen LogP contribution in [0.2, 0.25) is 0 Å². The molecule has 19 nitrogen and oxygen atoms in total. The number of aryl methyl sites for hydroxylation is 1. The molecule has 8 heterocycles. The summed E-state index contributed by atoms with van der Waals surface area (Å²) in [6, 6.07) is 25.6. The average Bonchev–Trinajstić information content (AvgIpc) is 4.28. The molecule has 1 saturated carbocycles. The number of aliphatic hydroxyl groups is 1. The highest BCUT2D eigenvalue weighted by atomic mass is 32.1. The highest BCUT2D eigenvalue weighted by Crippen LogP contribution is 2.41. The largest absolute Gasteiger partial charge is 0.507 e. The Morgan fingerprint density at radius 2 is 1.68 bits per heavy atom. The number of aromatic hydroxyl groups is 1. The molecule has 3 saturated heterocycles.